The average Bonchev–Trinajstić information content (AvgIpc) is 3.57. The molecule has 8 heteroatoms. The number of fused-ring (bicyclic) bond motifs is 1. The van der Waals surface area contributed by atoms with Gasteiger partial charge in [0.25, 0.3) is 5.56 Å². The van der Waals surface area contributed by atoms with Gasteiger partial charge in [-0.2, -0.15) is 0 Å². The summed E-state index contributed by atoms with van der Waals surface area (Å²) in [5, 5.41) is 1.95. The van der Waals surface area contributed by atoms with Crippen molar-refractivity contribution in [3.63, 3.8) is 0 Å². The van der Waals surface area contributed by atoms with E-state index < -0.39 is 12.0 Å². The topological polar surface area (TPSA) is 63.9 Å². The van der Waals surface area contributed by atoms with E-state index in [1.807, 2.05) is 73.0 Å². The van der Waals surface area contributed by atoms with E-state index in [0.29, 0.717) is 20.6 Å². The van der Waals surface area contributed by atoms with Crippen LogP contribution >= 0.6 is 22.7 Å². The van der Waals surface area contributed by atoms with Gasteiger partial charge in [-0.1, -0.05) is 59.9 Å². The van der Waals surface area contributed by atoms with Crippen LogP contribution in [0.1, 0.15) is 42.8 Å². The molecule has 0 aliphatic carbocycles. The molecule has 2 aromatic carbocycles. The number of hydrogen-bond donors (Lipinski definition) is 0. The molecule has 3 heterocycles. The number of aromatic nitrogens is 1. The molecule has 2 aromatic heterocycles. The summed E-state index contributed by atoms with van der Waals surface area (Å²) in [5.41, 5.74) is 3.79. The number of anilines is 1. The van der Waals surface area contributed by atoms with Crippen LogP contribution in [0.5, 0.6) is 0 Å². The first-order valence-corrected chi connectivity index (χ1v) is 14.3. The van der Waals surface area contributed by atoms with Crippen molar-refractivity contribution in [1.29, 1.82) is 0 Å². The summed E-state index contributed by atoms with van der Waals surface area (Å²) in [4.78, 5) is 35.6. The average molecular weight is 544 g/mol. The maximum atomic E-state index is 13.7. The van der Waals surface area contributed by atoms with Crippen molar-refractivity contribution in [2.45, 2.75) is 33.4 Å². The quantitative estimate of drug-likeness (QED) is 0.297. The summed E-state index contributed by atoms with van der Waals surface area (Å²) >= 11 is 2.85. The number of hydrogen-bond acceptors (Lipinski definition) is 7. The van der Waals surface area contributed by atoms with Gasteiger partial charge in [0, 0.05) is 23.7 Å². The zero-order chi connectivity index (χ0) is 26.6. The van der Waals surface area contributed by atoms with Gasteiger partial charge in [-0.15, -0.1) is 11.3 Å². The predicted octanol–water partition coefficient (Wildman–Crippen LogP) is 4.89. The van der Waals surface area contributed by atoms with E-state index in [-0.39, 0.29) is 12.2 Å². The highest BCUT2D eigenvalue weighted by atomic mass is 32.1. The summed E-state index contributed by atoms with van der Waals surface area (Å²) < 4.78 is 7.91. The number of thiazole rings is 1. The van der Waals surface area contributed by atoms with Crippen molar-refractivity contribution in [1.82, 2.24) is 4.57 Å². The third-order valence-corrected chi connectivity index (χ3v) is 8.49. The van der Waals surface area contributed by atoms with Crippen molar-refractivity contribution in [2.75, 3.05) is 18.0 Å². The first kappa shape index (κ1) is 25.9. The first-order valence-electron chi connectivity index (χ1n) is 12.6. The molecule has 1 atom stereocenters. The highest BCUT2D eigenvalue weighted by Crippen LogP contribution is 2.33. The molecule has 38 heavy (non-hydrogen) atoms. The molecule has 1 aliphatic rings. The molecule has 194 valence electrons. The van der Waals surface area contributed by atoms with Gasteiger partial charge in [0.05, 0.1) is 15.8 Å². The molecule has 0 radical (unpaired) electrons. The third kappa shape index (κ3) is 5.14. The van der Waals surface area contributed by atoms with Crippen LogP contribution in [0.3, 0.4) is 0 Å². The lowest BCUT2D eigenvalue weighted by Crippen LogP contribution is -2.39. The zero-order valence-corrected chi connectivity index (χ0v) is 23.2. The fraction of sp³-hybridized carbons (Fsp3) is 0.233. The third-order valence-electron chi connectivity index (χ3n) is 6.59. The van der Waals surface area contributed by atoms with E-state index in [1.165, 1.54) is 22.7 Å². The van der Waals surface area contributed by atoms with E-state index in [1.54, 1.807) is 4.57 Å². The fourth-order valence-electron chi connectivity index (χ4n) is 4.62. The lowest BCUT2D eigenvalue weighted by molar-refractivity contribution is -0.140. The SMILES string of the molecule is CCN(CC)c1ccc(/C=c2/sc3n(c2=O)[C@@H](c2cccs2)C(C(=O)OCc2ccccc2)=C(C)N=3)cc1. The first-order chi connectivity index (χ1) is 18.5. The molecule has 1 aliphatic heterocycles. The van der Waals surface area contributed by atoms with E-state index in [2.05, 4.69) is 35.9 Å². The lowest BCUT2D eigenvalue weighted by Gasteiger charge is -2.23. The molecule has 0 amide bonds. The molecule has 0 N–H and O–H groups in total. The molecule has 6 nitrogen and oxygen atoms in total. The molecular weight excluding hydrogens is 514 g/mol. The van der Waals surface area contributed by atoms with Gasteiger partial charge in [0.1, 0.15) is 12.6 Å². The second-order valence-corrected chi connectivity index (χ2v) is 10.9. The summed E-state index contributed by atoms with van der Waals surface area (Å²) in [6.45, 7) is 8.11. The number of carbonyl (C=O) groups is 1. The van der Waals surface area contributed by atoms with Crippen molar-refractivity contribution in [2.24, 2.45) is 4.99 Å². The van der Waals surface area contributed by atoms with Crippen LogP contribution in [0.25, 0.3) is 6.08 Å². The molecule has 0 fully saturated rings. The Kier molecular flexibility index (Phi) is 7.72. The number of benzene rings is 2. The van der Waals surface area contributed by atoms with Gasteiger partial charge in [-0.3, -0.25) is 9.36 Å². The maximum absolute atomic E-state index is 13.7. The Morgan fingerprint density at radius 1 is 1.05 bits per heavy atom. The minimum Gasteiger partial charge on any atom is -0.457 e. The molecule has 0 spiro atoms. The number of esters is 1. The lowest BCUT2D eigenvalue weighted by atomic mass is 10.0. The molecule has 0 saturated carbocycles. The van der Waals surface area contributed by atoms with E-state index in [4.69, 9.17) is 4.74 Å². The second kappa shape index (κ2) is 11.3. The molecular formula is C30H29N3O3S2. The van der Waals surface area contributed by atoms with Crippen LogP contribution in [0.15, 0.2) is 93.2 Å². The molecule has 4 aromatic rings. The Balaban J connectivity index is 1.53. The Hall–Kier alpha value is -3.75. The standard InChI is InChI=1S/C30H29N3O3S2/c1-4-32(5-2)23-15-13-21(14-16-23)18-25-28(34)33-27(24-12-9-17-37-24)26(20(3)31-30(33)38-25)29(35)36-19-22-10-7-6-8-11-22/h6-18,27H,4-5,19H2,1-3H3/b25-18+/t27-/m0/s1. The van der Waals surface area contributed by atoms with Crippen molar-refractivity contribution < 1.29 is 9.53 Å². The Labute approximate surface area is 229 Å². The maximum Gasteiger partial charge on any atom is 0.338 e. The second-order valence-electron chi connectivity index (χ2n) is 8.92. The van der Waals surface area contributed by atoms with Gasteiger partial charge >= 0.3 is 5.97 Å². The number of thiophene rings is 1. The van der Waals surface area contributed by atoms with Gasteiger partial charge in [-0.05, 0) is 61.6 Å². The minimum atomic E-state index is -0.582. The molecule has 0 unspecified atom stereocenters. The van der Waals surface area contributed by atoms with Gasteiger partial charge in [0.2, 0.25) is 0 Å². The Morgan fingerprint density at radius 3 is 2.45 bits per heavy atom. The summed E-state index contributed by atoms with van der Waals surface area (Å²) in [5.74, 6) is -0.463. The van der Waals surface area contributed by atoms with Crippen molar-refractivity contribution >= 4 is 40.4 Å². The highest BCUT2D eigenvalue weighted by Gasteiger charge is 2.34. The highest BCUT2D eigenvalue weighted by molar-refractivity contribution is 7.10. The van der Waals surface area contributed by atoms with Crippen molar-refractivity contribution in [3.05, 3.63) is 119 Å². The van der Waals surface area contributed by atoms with Crippen LogP contribution in [-0.2, 0) is 16.1 Å². The number of nitrogens with zero attached hydrogens (tertiary/aromatic N) is 3. The smallest absolute Gasteiger partial charge is 0.338 e. The molecule has 0 bridgehead atoms. The van der Waals surface area contributed by atoms with Crippen LogP contribution in [0.2, 0.25) is 0 Å². The number of rotatable bonds is 8. The minimum absolute atomic E-state index is 0.154. The zero-order valence-electron chi connectivity index (χ0n) is 21.6. The number of ether oxygens (including phenoxy) is 1. The summed E-state index contributed by atoms with van der Waals surface area (Å²) in [6.07, 6.45) is 1.90. The Morgan fingerprint density at radius 2 is 1.79 bits per heavy atom. The van der Waals surface area contributed by atoms with Crippen LogP contribution in [-0.4, -0.2) is 23.6 Å². The summed E-state index contributed by atoms with van der Waals surface area (Å²) in [6, 6.07) is 21.1. The molecule has 5 rings (SSSR count). The largest absolute Gasteiger partial charge is 0.457 e. The monoisotopic (exact) mass is 543 g/mol. The fourth-order valence-corrected chi connectivity index (χ4v) is 6.49. The number of allylic oxidation sites excluding steroid dienone is 1. The van der Waals surface area contributed by atoms with E-state index in [0.717, 1.165) is 34.8 Å². The molecule has 0 saturated heterocycles. The Bertz CT molecular complexity index is 1630. The van der Waals surface area contributed by atoms with Crippen LogP contribution in [0, 0.1) is 0 Å². The van der Waals surface area contributed by atoms with Gasteiger partial charge < -0.3 is 9.64 Å². The van der Waals surface area contributed by atoms with Gasteiger partial charge in [-0.25, -0.2) is 9.79 Å². The van der Waals surface area contributed by atoms with Crippen molar-refractivity contribution in [3.8, 4) is 0 Å². The van der Waals surface area contributed by atoms with E-state index in [9.17, 15) is 9.59 Å². The van der Waals surface area contributed by atoms with Crippen LogP contribution in [0.4, 0.5) is 5.69 Å². The number of carbonyl (C=O) groups excluding carboxylic acids is 1. The predicted molar refractivity (Wildman–Crippen MR) is 154 cm³/mol. The normalized spacial score (nSPS) is 15.2. The van der Waals surface area contributed by atoms with Gasteiger partial charge in [0.15, 0.2) is 4.80 Å². The van der Waals surface area contributed by atoms with E-state index >= 15 is 0 Å². The van der Waals surface area contributed by atoms with Crippen LogP contribution < -0.4 is 19.8 Å². The summed E-state index contributed by atoms with van der Waals surface area (Å²) in [7, 11) is 0.